The van der Waals surface area contributed by atoms with Gasteiger partial charge in [-0.1, -0.05) is 0 Å². The van der Waals surface area contributed by atoms with Crippen molar-refractivity contribution in [2.24, 2.45) is 5.73 Å². The molecule has 0 saturated carbocycles. The number of benzene rings is 1. The molecule has 5 heteroatoms. The van der Waals surface area contributed by atoms with E-state index < -0.39 is 0 Å². The summed E-state index contributed by atoms with van der Waals surface area (Å²) in [7, 11) is 0. The van der Waals surface area contributed by atoms with Gasteiger partial charge >= 0.3 is 0 Å². The highest BCUT2D eigenvalue weighted by atomic mass is 16.5. The molecule has 1 rings (SSSR count). The van der Waals surface area contributed by atoms with E-state index in [-0.39, 0.29) is 18.5 Å². The summed E-state index contributed by atoms with van der Waals surface area (Å²) >= 11 is 0. The molecule has 0 unspecified atom stereocenters. The van der Waals surface area contributed by atoms with Gasteiger partial charge in [0.2, 0.25) is 0 Å². The van der Waals surface area contributed by atoms with Crippen molar-refractivity contribution >= 4 is 12.1 Å². The van der Waals surface area contributed by atoms with Gasteiger partial charge in [-0.05, 0) is 32.0 Å². The number of nitrogens with two attached hydrogens (primary N) is 1. The third-order valence-electron chi connectivity index (χ3n) is 1.85. The van der Waals surface area contributed by atoms with E-state index in [0.717, 1.165) is 6.29 Å². The highest BCUT2D eigenvalue weighted by Gasteiger charge is 2.08. The van der Waals surface area contributed by atoms with E-state index in [2.05, 4.69) is 0 Å². The second kappa shape index (κ2) is 5.89. The number of hydrogen-bond donors (Lipinski definition) is 2. The molecule has 0 aliphatic heterocycles. The highest BCUT2D eigenvalue weighted by Crippen LogP contribution is 2.28. The van der Waals surface area contributed by atoms with E-state index in [1.165, 1.54) is 0 Å². The van der Waals surface area contributed by atoms with Gasteiger partial charge in [0.05, 0.1) is 6.10 Å². The maximum atomic E-state index is 10.7. The lowest BCUT2D eigenvalue weighted by Gasteiger charge is -2.15. The third kappa shape index (κ3) is 4.14. The van der Waals surface area contributed by atoms with Crippen LogP contribution >= 0.6 is 0 Å². The third-order valence-corrected chi connectivity index (χ3v) is 1.85. The van der Waals surface area contributed by atoms with Crippen molar-refractivity contribution in [1.29, 1.82) is 5.41 Å². The predicted molar refractivity (Wildman–Crippen MR) is 65.0 cm³/mol. The molecule has 5 nitrogen and oxygen atoms in total. The van der Waals surface area contributed by atoms with E-state index in [4.69, 9.17) is 20.6 Å². The Balaban J connectivity index is 2.93. The van der Waals surface area contributed by atoms with Crippen molar-refractivity contribution in [3.05, 3.63) is 23.8 Å². The Hall–Kier alpha value is -2.04. The van der Waals surface area contributed by atoms with Crippen LogP contribution in [-0.2, 0) is 0 Å². The lowest BCUT2D eigenvalue weighted by Crippen LogP contribution is -2.19. The quantitative estimate of drug-likeness (QED) is 0.446. The molecule has 0 aliphatic carbocycles. The zero-order valence-electron chi connectivity index (χ0n) is 9.90. The van der Waals surface area contributed by atoms with E-state index in [1.54, 1.807) is 18.2 Å². The molecule has 1 aromatic rings. The van der Waals surface area contributed by atoms with Crippen LogP contribution < -0.4 is 15.2 Å². The number of nitrogens with one attached hydrogen (secondary N) is 1. The zero-order valence-corrected chi connectivity index (χ0v) is 9.90. The highest BCUT2D eigenvalue weighted by molar-refractivity contribution is 5.79. The van der Waals surface area contributed by atoms with Gasteiger partial charge in [0.15, 0.2) is 11.5 Å². The average Bonchev–Trinajstić information content (AvgIpc) is 2.26. The monoisotopic (exact) mass is 236 g/mol. The van der Waals surface area contributed by atoms with Crippen LogP contribution in [0.4, 0.5) is 0 Å². The fourth-order valence-electron chi connectivity index (χ4n) is 1.22. The summed E-state index contributed by atoms with van der Waals surface area (Å²) < 4.78 is 10.8. The molecule has 0 aromatic heterocycles. The Bertz CT molecular complexity index is 416. The molecule has 0 fully saturated rings. The molecule has 3 N–H and O–H groups in total. The number of rotatable bonds is 6. The van der Waals surface area contributed by atoms with Crippen molar-refractivity contribution in [3.63, 3.8) is 0 Å². The Morgan fingerprint density at radius 2 is 2.18 bits per heavy atom. The number of amidine groups is 1. The SMILES string of the molecule is CC(C)Oc1cc(C=O)ccc1OCC(=N)N. The summed E-state index contributed by atoms with van der Waals surface area (Å²) in [5.74, 6) is 0.880. The van der Waals surface area contributed by atoms with Crippen LogP contribution in [0.15, 0.2) is 18.2 Å². The van der Waals surface area contributed by atoms with E-state index in [1.807, 2.05) is 13.8 Å². The molecule has 0 amide bonds. The van der Waals surface area contributed by atoms with Crippen LogP contribution in [0.2, 0.25) is 0 Å². The molecular weight excluding hydrogens is 220 g/mol. The van der Waals surface area contributed by atoms with Crippen LogP contribution in [-0.4, -0.2) is 24.8 Å². The van der Waals surface area contributed by atoms with Crippen LogP contribution in [0.3, 0.4) is 0 Å². The Kier molecular flexibility index (Phi) is 4.51. The second-order valence-electron chi connectivity index (χ2n) is 3.80. The minimum Gasteiger partial charge on any atom is -0.487 e. The summed E-state index contributed by atoms with van der Waals surface area (Å²) in [4.78, 5) is 10.7. The standard InChI is InChI=1S/C12H16N2O3/c1-8(2)17-11-5-9(6-15)3-4-10(11)16-7-12(13)14/h3-6,8H,7H2,1-2H3,(H3,13,14). The first-order valence-corrected chi connectivity index (χ1v) is 5.24. The first-order valence-electron chi connectivity index (χ1n) is 5.24. The summed E-state index contributed by atoms with van der Waals surface area (Å²) in [5, 5.41) is 7.09. The molecular formula is C12H16N2O3. The molecule has 0 bridgehead atoms. The van der Waals surface area contributed by atoms with E-state index in [0.29, 0.717) is 17.1 Å². The van der Waals surface area contributed by atoms with Crippen LogP contribution in [0.25, 0.3) is 0 Å². The molecule has 0 atom stereocenters. The van der Waals surface area contributed by atoms with Crippen LogP contribution in [0.1, 0.15) is 24.2 Å². The Morgan fingerprint density at radius 3 is 2.71 bits per heavy atom. The fraction of sp³-hybridized carbons (Fsp3) is 0.333. The molecule has 0 aliphatic rings. The number of aldehydes is 1. The lowest BCUT2D eigenvalue weighted by molar-refractivity contribution is 0.112. The molecule has 0 radical (unpaired) electrons. The van der Waals surface area contributed by atoms with E-state index in [9.17, 15) is 4.79 Å². The van der Waals surface area contributed by atoms with Crippen molar-refractivity contribution in [3.8, 4) is 11.5 Å². The van der Waals surface area contributed by atoms with Gasteiger partial charge in [0.25, 0.3) is 0 Å². The predicted octanol–water partition coefficient (Wildman–Crippen LogP) is 1.60. The zero-order chi connectivity index (χ0) is 12.8. The topological polar surface area (TPSA) is 85.4 Å². The molecule has 0 spiro atoms. The summed E-state index contributed by atoms with van der Waals surface area (Å²) in [6.45, 7) is 3.75. The van der Waals surface area contributed by atoms with Crippen molar-refractivity contribution < 1.29 is 14.3 Å². The van der Waals surface area contributed by atoms with Crippen molar-refractivity contribution in [2.45, 2.75) is 20.0 Å². The van der Waals surface area contributed by atoms with Crippen molar-refractivity contribution in [2.75, 3.05) is 6.61 Å². The Labute approximate surface area is 100 Å². The molecule has 0 saturated heterocycles. The number of hydrogen-bond acceptors (Lipinski definition) is 4. The first kappa shape index (κ1) is 13.0. The average molecular weight is 236 g/mol. The summed E-state index contributed by atoms with van der Waals surface area (Å²) in [5.41, 5.74) is 5.72. The van der Waals surface area contributed by atoms with Gasteiger partial charge in [0.1, 0.15) is 18.7 Å². The first-order chi connectivity index (χ1) is 8.02. The van der Waals surface area contributed by atoms with E-state index >= 15 is 0 Å². The van der Waals surface area contributed by atoms with Gasteiger partial charge in [-0.3, -0.25) is 10.2 Å². The maximum absolute atomic E-state index is 10.7. The van der Waals surface area contributed by atoms with Gasteiger partial charge in [0, 0.05) is 5.56 Å². The normalized spacial score (nSPS) is 10.1. The molecule has 0 heterocycles. The molecule has 92 valence electrons. The van der Waals surface area contributed by atoms with Gasteiger partial charge in [-0.25, -0.2) is 0 Å². The van der Waals surface area contributed by atoms with Gasteiger partial charge < -0.3 is 15.2 Å². The van der Waals surface area contributed by atoms with Crippen molar-refractivity contribution in [1.82, 2.24) is 0 Å². The fourth-order valence-corrected chi connectivity index (χ4v) is 1.22. The number of carbonyl (C=O) groups is 1. The van der Waals surface area contributed by atoms with Gasteiger partial charge in [-0.15, -0.1) is 0 Å². The van der Waals surface area contributed by atoms with Crippen LogP contribution in [0.5, 0.6) is 11.5 Å². The second-order valence-corrected chi connectivity index (χ2v) is 3.80. The summed E-state index contributed by atoms with van der Waals surface area (Å²) in [6.07, 6.45) is 0.707. The molecule has 1 aromatic carbocycles. The number of carbonyl (C=O) groups excluding carboxylic acids is 1. The maximum Gasteiger partial charge on any atom is 0.162 e. The minimum atomic E-state index is -0.0695. The largest absolute Gasteiger partial charge is 0.487 e. The summed E-state index contributed by atoms with van der Waals surface area (Å²) in [6, 6.07) is 4.85. The smallest absolute Gasteiger partial charge is 0.162 e. The lowest BCUT2D eigenvalue weighted by atomic mass is 10.2. The molecule has 17 heavy (non-hydrogen) atoms. The van der Waals surface area contributed by atoms with Gasteiger partial charge in [-0.2, -0.15) is 0 Å². The Morgan fingerprint density at radius 1 is 1.47 bits per heavy atom. The number of ether oxygens (including phenoxy) is 2. The van der Waals surface area contributed by atoms with Crippen LogP contribution in [0, 0.1) is 5.41 Å². The minimum absolute atomic E-state index is 0.00507.